The minimum absolute atomic E-state index is 0.401. The van der Waals surface area contributed by atoms with Gasteiger partial charge < -0.3 is 0 Å². The fourth-order valence-corrected chi connectivity index (χ4v) is 2.30. The average molecular weight is 284 g/mol. The lowest BCUT2D eigenvalue weighted by Crippen LogP contribution is -1.98. The highest BCUT2D eigenvalue weighted by Gasteiger charge is 2.35. The third kappa shape index (κ3) is 2.70. The van der Waals surface area contributed by atoms with E-state index in [-0.39, 0.29) is 0 Å². The van der Waals surface area contributed by atoms with Gasteiger partial charge in [-0.3, -0.25) is 0 Å². The van der Waals surface area contributed by atoms with E-state index < -0.39 is 57.9 Å². The summed E-state index contributed by atoms with van der Waals surface area (Å²) in [4.78, 5) is -2.85. The highest BCUT2D eigenvalue weighted by atomic mass is 32.1. The predicted molar refractivity (Wildman–Crippen MR) is 44.1 cm³/mol. The van der Waals surface area contributed by atoms with Crippen molar-refractivity contribution in [2.75, 3.05) is 0 Å². The number of hydrogen-bond acceptors (Lipinski definition) is 1. The fourth-order valence-electron chi connectivity index (χ4n) is 1.27. The molecule has 0 nitrogen and oxygen atoms in total. The standard InChI is InChI=1S/C8H4F8S/c9-5(10)1-2(6(11)12)4(8(15)16)17-3(1)7(13)14/h5-8H. The highest BCUT2D eigenvalue weighted by Crippen LogP contribution is 2.47. The van der Waals surface area contributed by atoms with Crippen LogP contribution in [-0.4, -0.2) is 0 Å². The zero-order chi connectivity index (χ0) is 13.3. The summed E-state index contributed by atoms with van der Waals surface area (Å²) in [5, 5.41) is 0. The van der Waals surface area contributed by atoms with Gasteiger partial charge >= 0.3 is 0 Å². The molecular weight excluding hydrogens is 280 g/mol. The van der Waals surface area contributed by atoms with Gasteiger partial charge in [0.2, 0.25) is 0 Å². The van der Waals surface area contributed by atoms with Crippen molar-refractivity contribution < 1.29 is 35.1 Å². The van der Waals surface area contributed by atoms with E-state index in [0.717, 1.165) is 0 Å². The molecule has 0 N–H and O–H groups in total. The lowest BCUT2D eigenvalue weighted by Gasteiger charge is -2.06. The summed E-state index contributed by atoms with van der Waals surface area (Å²) in [6.07, 6.45) is -14.3. The summed E-state index contributed by atoms with van der Waals surface area (Å²) in [7, 11) is 0. The van der Waals surface area contributed by atoms with Crippen molar-refractivity contribution in [1.82, 2.24) is 0 Å². The van der Waals surface area contributed by atoms with Gasteiger partial charge in [0, 0.05) is 11.1 Å². The first-order chi connectivity index (χ1) is 7.77. The van der Waals surface area contributed by atoms with Gasteiger partial charge in [-0.15, -0.1) is 11.3 Å². The van der Waals surface area contributed by atoms with Gasteiger partial charge in [-0.25, -0.2) is 35.1 Å². The van der Waals surface area contributed by atoms with Crippen molar-refractivity contribution >= 4 is 11.3 Å². The van der Waals surface area contributed by atoms with Crippen LogP contribution in [0.1, 0.15) is 46.6 Å². The molecule has 1 heterocycles. The summed E-state index contributed by atoms with van der Waals surface area (Å²) in [5.41, 5.74) is -3.34. The summed E-state index contributed by atoms with van der Waals surface area (Å²) >= 11 is -0.401. The molecule has 0 amide bonds. The van der Waals surface area contributed by atoms with Gasteiger partial charge in [-0.1, -0.05) is 0 Å². The molecule has 9 heteroatoms. The third-order valence-electron chi connectivity index (χ3n) is 1.87. The number of alkyl halides is 8. The van der Waals surface area contributed by atoms with Crippen LogP contribution < -0.4 is 0 Å². The van der Waals surface area contributed by atoms with Crippen molar-refractivity contribution in [2.24, 2.45) is 0 Å². The maximum atomic E-state index is 12.4. The quantitative estimate of drug-likeness (QED) is 0.640. The SMILES string of the molecule is FC(F)c1sc(C(F)F)c(C(F)F)c1C(F)F. The van der Waals surface area contributed by atoms with Crippen LogP contribution in [0.2, 0.25) is 0 Å². The van der Waals surface area contributed by atoms with Gasteiger partial charge in [0.1, 0.15) is 0 Å². The van der Waals surface area contributed by atoms with Gasteiger partial charge in [0.25, 0.3) is 25.7 Å². The van der Waals surface area contributed by atoms with E-state index in [9.17, 15) is 35.1 Å². The Morgan fingerprint density at radius 2 is 0.824 bits per heavy atom. The first-order valence-electron chi connectivity index (χ1n) is 4.06. The maximum Gasteiger partial charge on any atom is 0.273 e. The molecule has 0 aliphatic carbocycles. The van der Waals surface area contributed by atoms with Crippen molar-refractivity contribution in [3.8, 4) is 0 Å². The molecule has 0 saturated heterocycles. The minimum atomic E-state index is -3.65. The molecule has 0 aromatic carbocycles. The van der Waals surface area contributed by atoms with Crippen LogP contribution in [0.3, 0.4) is 0 Å². The summed E-state index contributed by atoms with van der Waals surface area (Å²) in [5.74, 6) is 0. The lowest BCUT2D eigenvalue weighted by atomic mass is 10.1. The number of rotatable bonds is 4. The van der Waals surface area contributed by atoms with Gasteiger partial charge in [-0.2, -0.15) is 0 Å². The number of thiophene rings is 1. The van der Waals surface area contributed by atoms with E-state index in [4.69, 9.17) is 0 Å². The Morgan fingerprint density at radius 3 is 1.00 bits per heavy atom. The Bertz CT molecular complexity index is 349. The van der Waals surface area contributed by atoms with Crippen LogP contribution in [0, 0.1) is 0 Å². The van der Waals surface area contributed by atoms with Crippen LogP contribution >= 0.6 is 11.3 Å². The molecule has 0 spiro atoms. The Kier molecular flexibility index (Phi) is 4.34. The van der Waals surface area contributed by atoms with E-state index in [1.807, 2.05) is 0 Å². The van der Waals surface area contributed by atoms with Gasteiger partial charge in [-0.05, 0) is 0 Å². The number of halogens is 8. The van der Waals surface area contributed by atoms with Crippen LogP contribution in [0.5, 0.6) is 0 Å². The Labute approximate surface area is 93.9 Å². The molecule has 1 aromatic heterocycles. The zero-order valence-corrected chi connectivity index (χ0v) is 8.56. The molecule has 0 unspecified atom stereocenters. The second-order valence-corrected chi connectivity index (χ2v) is 3.94. The predicted octanol–water partition coefficient (Wildman–Crippen LogP) is 5.50. The Hall–Kier alpha value is -0.860. The molecule has 17 heavy (non-hydrogen) atoms. The lowest BCUT2D eigenvalue weighted by molar-refractivity contribution is 0.107. The molecule has 0 atom stereocenters. The molecule has 1 aromatic rings. The molecule has 0 radical (unpaired) electrons. The monoisotopic (exact) mass is 284 g/mol. The maximum absolute atomic E-state index is 12.4. The normalized spacial score (nSPS) is 12.5. The molecule has 98 valence electrons. The largest absolute Gasteiger partial charge is 0.273 e. The van der Waals surface area contributed by atoms with E-state index in [1.165, 1.54) is 0 Å². The molecule has 0 saturated carbocycles. The van der Waals surface area contributed by atoms with Crippen LogP contribution in [0.15, 0.2) is 0 Å². The number of hydrogen-bond donors (Lipinski definition) is 0. The first kappa shape index (κ1) is 14.2. The van der Waals surface area contributed by atoms with Crippen LogP contribution in [0.4, 0.5) is 35.1 Å². The highest BCUT2D eigenvalue weighted by molar-refractivity contribution is 7.12. The summed E-state index contributed by atoms with van der Waals surface area (Å²) in [6.45, 7) is 0. The van der Waals surface area contributed by atoms with E-state index in [0.29, 0.717) is 0 Å². The molecular formula is C8H4F8S. The Morgan fingerprint density at radius 1 is 0.529 bits per heavy atom. The summed E-state index contributed by atoms with van der Waals surface area (Å²) in [6, 6.07) is 0. The molecule has 0 bridgehead atoms. The second kappa shape index (κ2) is 5.19. The van der Waals surface area contributed by atoms with Crippen LogP contribution in [0.25, 0.3) is 0 Å². The first-order valence-corrected chi connectivity index (χ1v) is 4.88. The molecule has 1 rings (SSSR count). The summed E-state index contributed by atoms with van der Waals surface area (Å²) < 4.78 is 98.7. The van der Waals surface area contributed by atoms with Crippen molar-refractivity contribution in [3.05, 3.63) is 20.9 Å². The molecule has 0 aliphatic heterocycles. The van der Waals surface area contributed by atoms with Crippen LogP contribution in [-0.2, 0) is 0 Å². The van der Waals surface area contributed by atoms with Crippen molar-refractivity contribution in [1.29, 1.82) is 0 Å². The smallest absolute Gasteiger partial charge is 0.205 e. The van der Waals surface area contributed by atoms with E-state index >= 15 is 0 Å². The average Bonchev–Trinajstić information content (AvgIpc) is 2.56. The van der Waals surface area contributed by atoms with Crippen molar-refractivity contribution in [3.63, 3.8) is 0 Å². The van der Waals surface area contributed by atoms with Gasteiger partial charge in [0.05, 0.1) is 9.75 Å². The van der Waals surface area contributed by atoms with E-state index in [2.05, 4.69) is 0 Å². The van der Waals surface area contributed by atoms with E-state index in [1.54, 1.807) is 0 Å². The molecule has 0 fully saturated rings. The molecule has 0 aliphatic rings. The third-order valence-corrected chi connectivity index (χ3v) is 3.11. The second-order valence-electron chi connectivity index (χ2n) is 2.86. The minimum Gasteiger partial charge on any atom is -0.205 e. The van der Waals surface area contributed by atoms with Crippen molar-refractivity contribution in [2.45, 2.75) is 25.7 Å². The topological polar surface area (TPSA) is 0 Å². The van der Waals surface area contributed by atoms with Gasteiger partial charge in [0.15, 0.2) is 0 Å². The fraction of sp³-hybridized carbons (Fsp3) is 0.500. The zero-order valence-electron chi connectivity index (χ0n) is 7.74. The Balaban J connectivity index is 3.49.